The normalized spacial score (nSPS) is 10.8. The van der Waals surface area contributed by atoms with E-state index in [-0.39, 0.29) is 0 Å². The van der Waals surface area contributed by atoms with Crippen molar-refractivity contribution in [2.45, 2.75) is 6.42 Å². The molecule has 1 aromatic carbocycles. The standard InChI is InChI=1S/C13H13F2NS/c1-16-7-6-10-3-5-13(17-10)11-4-2-9(14)8-12(11)15/h2-5,8,16H,6-7H2,1H3. The second-order valence-corrected chi connectivity index (χ2v) is 4.91. The number of likely N-dealkylation sites (N-methyl/N-ethyl adjacent to an activating group) is 1. The van der Waals surface area contributed by atoms with E-state index in [2.05, 4.69) is 5.32 Å². The van der Waals surface area contributed by atoms with E-state index in [0.29, 0.717) is 5.56 Å². The fraction of sp³-hybridized carbons (Fsp3) is 0.231. The molecule has 1 N–H and O–H groups in total. The second kappa shape index (κ2) is 5.38. The number of halogens is 2. The first-order valence-electron chi connectivity index (χ1n) is 5.39. The number of hydrogen-bond donors (Lipinski definition) is 1. The van der Waals surface area contributed by atoms with Gasteiger partial charge in [0.2, 0.25) is 0 Å². The molecule has 0 amide bonds. The number of hydrogen-bond acceptors (Lipinski definition) is 2. The van der Waals surface area contributed by atoms with Crippen molar-refractivity contribution in [3.05, 3.63) is 46.8 Å². The van der Waals surface area contributed by atoms with Crippen molar-refractivity contribution in [3.63, 3.8) is 0 Å². The van der Waals surface area contributed by atoms with Crippen LogP contribution in [0.25, 0.3) is 10.4 Å². The fourth-order valence-electron chi connectivity index (χ4n) is 1.59. The Morgan fingerprint density at radius 3 is 2.71 bits per heavy atom. The summed E-state index contributed by atoms with van der Waals surface area (Å²) in [6.07, 6.45) is 0.921. The summed E-state index contributed by atoms with van der Waals surface area (Å²) in [6, 6.07) is 7.55. The van der Waals surface area contributed by atoms with Gasteiger partial charge in [0.1, 0.15) is 11.6 Å². The quantitative estimate of drug-likeness (QED) is 0.880. The molecular weight excluding hydrogens is 240 g/mol. The summed E-state index contributed by atoms with van der Waals surface area (Å²) in [4.78, 5) is 2.03. The predicted octanol–water partition coefficient (Wildman–Crippen LogP) is 3.46. The SMILES string of the molecule is CNCCc1ccc(-c2ccc(F)cc2F)s1. The van der Waals surface area contributed by atoms with Gasteiger partial charge >= 0.3 is 0 Å². The summed E-state index contributed by atoms with van der Waals surface area (Å²) in [5.74, 6) is -1.05. The van der Waals surface area contributed by atoms with Gasteiger partial charge in [0.15, 0.2) is 0 Å². The second-order valence-electron chi connectivity index (χ2n) is 3.74. The average Bonchev–Trinajstić information content (AvgIpc) is 2.75. The summed E-state index contributed by atoms with van der Waals surface area (Å²) < 4.78 is 26.3. The van der Waals surface area contributed by atoms with E-state index in [1.54, 1.807) is 11.3 Å². The van der Waals surface area contributed by atoms with Crippen LogP contribution in [0.5, 0.6) is 0 Å². The van der Waals surface area contributed by atoms with Crippen molar-refractivity contribution in [2.75, 3.05) is 13.6 Å². The Labute approximate surface area is 103 Å². The fourth-order valence-corrected chi connectivity index (χ4v) is 2.63. The molecule has 2 aromatic rings. The number of thiophene rings is 1. The van der Waals surface area contributed by atoms with Crippen LogP contribution in [-0.4, -0.2) is 13.6 Å². The Kier molecular flexibility index (Phi) is 3.86. The van der Waals surface area contributed by atoms with Gasteiger partial charge in [0, 0.05) is 21.4 Å². The zero-order valence-electron chi connectivity index (χ0n) is 9.47. The van der Waals surface area contributed by atoms with Crippen LogP contribution in [0.1, 0.15) is 4.88 Å². The summed E-state index contributed by atoms with van der Waals surface area (Å²) in [7, 11) is 1.90. The van der Waals surface area contributed by atoms with Gasteiger partial charge in [0.25, 0.3) is 0 Å². The minimum Gasteiger partial charge on any atom is -0.319 e. The highest BCUT2D eigenvalue weighted by molar-refractivity contribution is 7.15. The molecule has 1 heterocycles. The van der Waals surface area contributed by atoms with Crippen molar-refractivity contribution in [1.82, 2.24) is 5.32 Å². The Morgan fingerprint density at radius 1 is 1.18 bits per heavy atom. The van der Waals surface area contributed by atoms with Crippen LogP contribution in [0.3, 0.4) is 0 Å². The van der Waals surface area contributed by atoms with Crippen LogP contribution in [-0.2, 0) is 6.42 Å². The summed E-state index contributed by atoms with van der Waals surface area (Å²) in [5.41, 5.74) is 0.465. The predicted molar refractivity (Wildman–Crippen MR) is 67.3 cm³/mol. The molecule has 17 heavy (non-hydrogen) atoms. The summed E-state index contributed by atoms with van der Waals surface area (Å²) in [5, 5.41) is 3.07. The summed E-state index contributed by atoms with van der Waals surface area (Å²) in [6.45, 7) is 0.895. The zero-order valence-corrected chi connectivity index (χ0v) is 10.3. The lowest BCUT2D eigenvalue weighted by Gasteiger charge is -1.99. The third-order valence-corrected chi connectivity index (χ3v) is 3.66. The van der Waals surface area contributed by atoms with Crippen molar-refractivity contribution >= 4 is 11.3 Å². The van der Waals surface area contributed by atoms with Crippen LogP contribution in [0.2, 0.25) is 0 Å². The minimum absolute atomic E-state index is 0.465. The van der Waals surface area contributed by atoms with Gasteiger partial charge in [-0.05, 0) is 44.3 Å². The van der Waals surface area contributed by atoms with Crippen LogP contribution in [0.4, 0.5) is 8.78 Å². The van der Waals surface area contributed by atoms with Gasteiger partial charge < -0.3 is 5.32 Å². The lowest BCUT2D eigenvalue weighted by Crippen LogP contribution is -2.09. The molecule has 0 spiro atoms. The molecule has 2 rings (SSSR count). The number of nitrogens with one attached hydrogen (secondary N) is 1. The first-order valence-corrected chi connectivity index (χ1v) is 6.21. The minimum atomic E-state index is -0.543. The Balaban J connectivity index is 2.24. The molecule has 0 atom stereocenters. The maximum absolute atomic E-state index is 13.6. The maximum Gasteiger partial charge on any atom is 0.134 e. The lowest BCUT2D eigenvalue weighted by molar-refractivity contribution is 0.586. The largest absolute Gasteiger partial charge is 0.319 e. The van der Waals surface area contributed by atoms with E-state index in [1.807, 2.05) is 19.2 Å². The van der Waals surface area contributed by atoms with E-state index in [9.17, 15) is 8.78 Å². The zero-order chi connectivity index (χ0) is 12.3. The van der Waals surface area contributed by atoms with Crippen molar-refractivity contribution in [2.24, 2.45) is 0 Å². The van der Waals surface area contributed by atoms with Gasteiger partial charge in [-0.15, -0.1) is 11.3 Å². The lowest BCUT2D eigenvalue weighted by atomic mass is 10.2. The van der Waals surface area contributed by atoms with E-state index >= 15 is 0 Å². The molecule has 0 radical (unpaired) electrons. The molecule has 90 valence electrons. The van der Waals surface area contributed by atoms with E-state index in [1.165, 1.54) is 17.0 Å². The molecule has 0 fully saturated rings. The molecule has 0 aliphatic rings. The van der Waals surface area contributed by atoms with Crippen LogP contribution >= 0.6 is 11.3 Å². The molecule has 0 unspecified atom stereocenters. The molecule has 0 aliphatic carbocycles. The van der Waals surface area contributed by atoms with Crippen molar-refractivity contribution < 1.29 is 8.78 Å². The topological polar surface area (TPSA) is 12.0 Å². The monoisotopic (exact) mass is 253 g/mol. The van der Waals surface area contributed by atoms with Gasteiger partial charge in [0.05, 0.1) is 0 Å². The highest BCUT2D eigenvalue weighted by Gasteiger charge is 2.08. The number of rotatable bonds is 4. The summed E-state index contributed by atoms with van der Waals surface area (Å²) >= 11 is 1.54. The van der Waals surface area contributed by atoms with Gasteiger partial charge in [-0.2, -0.15) is 0 Å². The van der Waals surface area contributed by atoms with Crippen LogP contribution < -0.4 is 5.32 Å². The molecule has 0 bridgehead atoms. The molecule has 4 heteroatoms. The van der Waals surface area contributed by atoms with Crippen molar-refractivity contribution in [1.29, 1.82) is 0 Å². The molecule has 0 saturated heterocycles. The number of benzene rings is 1. The third kappa shape index (κ3) is 2.90. The van der Waals surface area contributed by atoms with E-state index in [4.69, 9.17) is 0 Å². The van der Waals surface area contributed by atoms with Gasteiger partial charge in [-0.3, -0.25) is 0 Å². The van der Waals surface area contributed by atoms with Gasteiger partial charge in [-0.25, -0.2) is 8.78 Å². The van der Waals surface area contributed by atoms with E-state index < -0.39 is 11.6 Å². The first-order chi connectivity index (χ1) is 8.20. The highest BCUT2D eigenvalue weighted by atomic mass is 32.1. The van der Waals surface area contributed by atoms with Gasteiger partial charge in [-0.1, -0.05) is 0 Å². The average molecular weight is 253 g/mol. The highest BCUT2D eigenvalue weighted by Crippen LogP contribution is 2.30. The Morgan fingerprint density at radius 2 is 2.00 bits per heavy atom. The molecule has 1 aromatic heterocycles. The Bertz CT molecular complexity index is 508. The van der Waals surface area contributed by atoms with E-state index in [0.717, 1.165) is 23.9 Å². The van der Waals surface area contributed by atoms with Crippen LogP contribution in [0.15, 0.2) is 30.3 Å². The molecule has 1 nitrogen and oxygen atoms in total. The Hall–Kier alpha value is -1.26. The van der Waals surface area contributed by atoms with Crippen LogP contribution in [0, 0.1) is 11.6 Å². The maximum atomic E-state index is 13.6. The molecule has 0 aliphatic heterocycles. The smallest absolute Gasteiger partial charge is 0.134 e. The molecular formula is C13H13F2NS. The van der Waals surface area contributed by atoms with Crippen molar-refractivity contribution in [3.8, 4) is 10.4 Å². The third-order valence-electron chi connectivity index (χ3n) is 2.48. The molecule has 0 saturated carbocycles. The first kappa shape index (κ1) is 12.2.